The van der Waals surface area contributed by atoms with Gasteiger partial charge in [0.2, 0.25) is 5.91 Å². The molecule has 0 saturated carbocycles. The van der Waals surface area contributed by atoms with Gasteiger partial charge in [-0.15, -0.1) is 0 Å². The minimum Gasteiger partial charge on any atom is -0.479 e. The number of carbonyl (C=O) groups is 3. The number of ether oxygens (including phenoxy) is 1. The molecule has 1 amide bonds. The predicted molar refractivity (Wildman–Crippen MR) is 104 cm³/mol. The Balaban J connectivity index is 5.83. The molecule has 0 aliphatic carbocycles. The fraction of sp³-hybridized carbons (Fsp3) is 0.833. The lowest BCUT2D eigenvalue weighted by molar-refractivity contribution is -0.190. The molecule has 0 rings (SSSR count). The first-order valence-corrected chi connectivity index (χ1v) is 11.0. The maximum atomic E-state index is 12.5. The van der Waals surface area contributed by atoms with Gasteiger partial charge in [0, 0.05) is 25.3 Å². The van der Waals surface area contributed by atoms with Gasteiger partial charge < -0.3 is 20.3 Å². The molecule has 0 bridgehead atoms. The van der Waals surface area contributed by atoms with Crippen LogP contribution in [0.3, 0.4) is 0 Å². The summed E-state index contributed by atoms with van der Waals surface area (Å²) in [6.07, 6.45) is -2.33. The van der Waals surface area contributed by atoms with E-state index in [0.29, 0.717) is 0 Å². The highest BCUT2D eigenvalue weighted by molar-refractivity contribution is 7.86. The maximum Gasteiger partial charge on any atom is 0.336 e. The Hall–Kier alpha value is -1.72. The fourth-order valence-corrected chi connectivity index (χ4v) is 3.80. The minimum atomic E-state index is -4.19. The van der Waals surface area contributed by atoms with Crippen LogP contribution in [-0.2, 0) is 33.4 Å². The van der Waals surface area contributed by atoms with Gasteiger partial charge in [0.1, 0.15) is 12.2 Å². The van der Waals surface area contributed by atoms with Crippen molar-refractivity contribution in [1.29, 1.82) is 0 Å². The summed E-state index contributed by atoms with van der Waals surface area (Å²) in [5.41, 5.74) is -4.03. The lowest BCUT2D eigenvalue weighted by atomic mass is 9.70. The molecule has 0 spiro atoms. The first-order chi connectivity index (χ1) is 13.1. The van der Waals surface area contributed by atoms with Gasteiger partial charge in [-0.25, -0.2) is 4.79 Å². The van der Waals surface area contributed by atoms with Gasteiger partial charge in [0.15, 0.2) is 5.60 Å². The molecule has 0 aromatic heterocycles. The predicted octanol–water partition coefficient (Wildman–Crippen LogP) is 0.821. The first kappa shape index (κ1) is 27.3. The van der Waals surface area contributed by atoms with Crippen LogP contribution >= 0.6 is 0 Å². The number of amides is 1. The van der Waals surface area contributed by atoms with E-state index in [0.717, 1.165) is 6.92 Å². The Kier molecular flexibility index (Phi) is 10.2. The van der Waals surface area contributed by atoms with E-state index in [2.05, 4.69) is 5.32 Å². The minimum absolute atomic E-state index is 0.0302. The Bertz CT molecular complexity index is 685. The topological polar surface area (TPSA) is 156 Å². The van der Waals surface area contributed by atoms with E-state index in [1.165, 1.54) is 20.8 Å². The number of esters is 1. The van der Waals surface area contributed by atoms with Crippen LogP contribution in [0.4, 0.5) is 0 Å². The lowest BCUT2D eigenvalue weighted by Crippen LogP contribution is -2.59. The molecular weight excluding hydrogens is 406 g/mol. The van der Waals surface area contributed by atoms with Crippen LogP contribution in [0.25, 0.3) is 0 Å². The summed E-state index contributed by atoms with van der Waals surface area (Å²) in [7, 11) is -4.19. The zero-order valence-corrected chi connectivity index (χ0v) is 18.7. The van der Waals surface area contributed by atoms with Crippen molar-refractivity contribution in [2.75, 3.05) is 12.3 Å². The van der Waals surface area contributed by atoms with E-state index < -0.39 is 51.0 Å². The summed E-state index contributed by atoms with van der Waals surface area (Å²) >= 11 is 0. The van der Waals surface area contributed by atoms with Gasteiger partial charge in [-0.3, -0.25) is 13.8 Å². The van der Waals surface area contributed by atoms with Crippen molar-refractivity contribution in [2.24, 2.45) is 5.41 Å². The molecule has 3 N–H and O–H groups in total. The zero-order chi connectivity index (χ0) is 23.0. The van der Waals surface area contributed by atoms with Crippen LogP contribution in [0, 0.1) is 5.41 Å². The van der Waals surface area contributed by atoms with Gasteiger partial charge in [-0.05, 0) is 19.8 Å². The third-order valence-corrected chi connectivity index (χ3v) is 6.18. The maximum absolute atomic E-state index is 12.5. The number of nitrogens with one attached hydrogen (secondary N) is 1. The molecule has 10 nitrogen and oxygen atoms in total. The van der Waals surface area contributed by atoms with Crippen LogP contribution < -0.4 is 5.32 Å². The largest absolute Gasteiger partial charge is 0.479 e. The SMILES string of the molecule is CCC(=O)OC(CC)C(OS(=O)(=O)CCCNC(C)=O)C(C)(C)[C@@](C)(O)C(=O)O. The van der Waals surface area contributed by atoms with E-state index in [4.69, 9.17) is 8.92 Å². The summed E-state index contributed by atoms with van der Waals surface area (Å²) in [6, 6.07) is 0. The van der Waals surface area contributed by atoms with Crippen molar-refractivity contribution in [3.8, 4) is 0 Å². The number of rotatable bonds is 13. The van der Waals surface area contributed by atoms with E-state index in [9.17, 15) is 33.0 Å². The van der Waals surface area contributed by atoms with Gasteiger partial charge >= 0.3 is 11.9 Å². The Morgan fingerprint density at radius 1 is 1.14 bits per heavy atom. The third kappa shape index (κ3) is 7.90. The molecule has 0 heterocycles. The molecule has 3 atom stereocenters. The van der Waals surface area contributed by atoms with Crippen LogP contribution in [0.15, 0.2) is 0 Å². The van der Waals surface area contributed by atoms with Gasteiger partial charge in [-0.2, -0.15) is 8.42 Å². The molecule has 0 aromatic carbocycles. The Morgan fingerprint density at radius 3 is 2.10 bits per heavy atom. The second kappa shape index (κ2) is 10.9. The number of aliphatic carboxylic acids is 1. The molecule has 0 radical (unpaired) electrons. The summed E-state index contributed by atoms with van der Waals surface area (Å²) in [4.78, 5) is 34.3. The Labute approximate surface area is 172 Å². The van der Waals surface area contributed by atoms with Crippen molar-refractivity contribution in [1.82, 2.24) is 5.32 Å². The molecule has 170 valence electrons. The molecule has 0 fully saturated rings. The van der Waals surface area contributed by atoms with Gasteiger partial charge in [0.25, 0.3) is 10.1 Å². The smallest absolute Gasteiger partial charge is 0.336 e. The quantitative estimate of drug-likeness (QED) is 0.215. The van der Waals surface area contributed by atoms with E-state index >= 15 is 0 Å². The second-order valence-corrected chi connectivity index (χ2v) is 9.22. The monoisotopic (exact) mass is 439 g/mol. The van der Waals surface area contributed by atoms with Gasteiger partial charge in [-0.1, -0.05) is 27.7 Å². The van der Waals surface area contributed by atoms with Crippen molar-refractivity contribution in [3.63, 3.8) is 0 Å². The van der Waals surface area contributed by atoms with Crippen LogP contribution in [0.1, 0.15) is 60.8 Å². The van der Waals surface area contributed by atoms with E-state index in [-0.39, 0.29) is 31.7 Å². The molecule has 11 heteroatoms. The number of aliphatic hydroxyl groups is 1. The molecule has 29 heavy (non-hydrogen) atoms. The molecule has 0 aliphatic rings. The lowest BCUT2D eigenvalue weighted by Gasteiger charge is -2.44. The number of hydrogen-bond acceptors (Lipinski definition) is 8. The highest BCUT2D eigenvalue weighted by Gasteiger charge is 2.55. The van der Waals surface area contributed by atoms with Crippen molar-refractivity contribution in [2.45, 2.75) is 78.6 Å². The van der Waals surface area contributed by atoms with Crippen LogP contribution in [0.2, 0.25) is 0 Å². The van der Waals surface area contributed by atoms with Crippen LogP contribution in [0.5, 0.6) is 0 Å². The van der Waals surface area contributed by atoms with Gasteiger partial charge in [0.05, 0.1) is 5.75 Å². The van der Waals surface area contributed by atoms with E-state index in [1.807, 2.05) is 0 Å². The molecular formula is C18H33NO9S. The average Bonchev–Trinajstić information content (AvgIpc) is 2.60. The normalized spacial score (nSPS) is 16.4. The molecule has 0 saturated heterocycles. The number of carboxylic acids is 1. The number of carboxylic acid groups (broad SMARTS) is 1. The number of carbonyl (C=O) groups excluding carboxylic acids is 2. The van der Waals surface area contributed by atoms with Crippen molar-refractivity contribution < 1.29 is 41.9 Å². The van der Waals surface area contributed by atoms with Crippen molar-refractivity contribution >= 4 is 28.0 Å². The summed E-state index contributed by atoms with van der Waals surface area (Å²) < 4.78 is 35.6. The third-order valence-electron chi connectivity index (χ3n) is 4.89. The molecule has 2 unspecified atom stereocenters. The zero-order valence-electron chi connectivity index (χ0n) is 17.9. The summed E-state index contributed by atoms with van der Waals surface area (Å²) in [5.74, 6) is -2.94. The summed E-state index contributed by atoms with van der Waals surface area (Å²) in [6.45, 7) is 8.29. The first-order valence-electron chi connectivity index (χ1n) is 9.43. The highest BCUT2D eigenvalue weighted by Crippen LogP contribution is 2.40. The number of hydrogen-bond donors (Lipinski definition) is 3. The van der Waals surface area contributed by atoms with E-state index in [1.54, 1.807) is 13.8 Å². The highest BCUT2D eigenvalue weighted by atomic mass is 32.2. The van der Waals surface area contributed by atoms with Crippen molar-refractivity contribution in [3.05, 3.63) is 0 Å². The fourth-order valence-electron chi connectivity index (χ4n) is 2.53. The summed E-state index contributed by atoms with van der Waals surface area (Å²) in [5, 5.41) is 22.4. The van der Waals surface area contributed by atoms with Crippen LogP contribution in [-0.4, -0.2) is 66.6 Å². The average molecular weight is 440 g/mol. The standard InChI is InChI=1S/C18H33NO9S/c1-7-13(27-14(21)8-2)15(17(4,5)18(6,24)16(22)23)28-29(25,26)11-9-10-19-12(3)20/h13,15,24H,7-11H2,1-6H3,(H,19,20)(H,22,23)/t13?,15?,18-/m0/s1. The molecule has 0 aromatic rings. The Morgan fingerprint density at radius 2 is 1.69 bits per heavy atom. The molecule has 0 aliphatic heterocycles. The second-order valence-electron chi connectivity index (χ2n) is 7.50.